The number of benzene rings is 1. The predicted molar refractivity (Wildman–Crippen MR) is 101 cm³/mol. The average molecular weight is 382 g/mol. The van der Waals surface area contributed by atoms with E-state index in [2.05, 4.69) is 20.6 Å². The number of aromatic nitrogens is 2. The molecule has 0 spiro atoms. The van der Waals surface area contributed by atoms with Gasteiger partial charge in [0.25, 0.3) is 0 Å². The van der Waals surface area contributed by atoms with Crippen LogP contribution >= 0.6 is 23.2 Å². The molecule has 1 amide bonds. The van der Waals surface area contributed by atoms with Gasteiger partial charge in [-0.05, 0) is 50.3 Å². The summed E-state index contributed by atoms with van der Waals surface area (Å²) < 4.78 is 0. The van der Waals surface area contributed by atoms with Crippen LogP contribution in [0, 0.1) is 0 Å². The Kier molecular flexibility index (Phi) is 7.43. The van der Waals surface area contributed by atoms with Crippen LogP contribution in [0.5, 0.6) is 0 Å². The van der Waals surface area contributed by atoms with Crippen molar-refractivity contribution in [3.05, 3.63) is 52.3 Å². The molecule has 0 saturated heterocycles. The summed E-state index contributed by atoms with van der Waals surface area (Å²) in [5, 5.41) is 7.06. The first-order valence-corrected chi connectivity index (χ1v) is 8.64. The Bertz CT molecular complexity index is 676. The van der Waals surface area contributed by atoms with Gasteiger partial charge in [-0.2, -0.15) is 0 Å². The smallest absolute Gasteiger partial charge is 0.241 e. The van der Waals surface area contributed by atoms with Crippen molar-refractivity contribution in [3.63, 3.8) is 0 Å². The van der Waals surface area contributed by atoms with Gasteiger partial charge in [-0.1, -0.05) is 23.2 Å². The molecule has 0 aliphatic rings. The van der Waals surface area contributed by atoms with E-state index in [1.54, 1.807) is 36.7 Å². The lowest BCUT2D eigenvalue weighted by Crippen LogP contribution is -2.37. The summed E-state index contributed by atoms with van der Waals surface area (Å²) in [7, 11) is 3.68. The number of nitrogens with one attached hydrogen (secondary N) is 2. The van der Waals surface area contributed by atoms with E-state index in [0.717, 1.165) is 12.0 Å². The maximum atomic E-state index is 12.6. The van der Waals surface area contributed by atoms with Crippen LogP contribution in [0.2, 0.25) is 10.0 Å². The first-order valence-electron chi connectivity index (χ1n) is 7.88. The highest BCUT2D eigenvalue weighted by Crippen LogP contribution is 2.26. The fourth-order valence-corrected chi connectivity index (χ4v) is 2.95. The second-order valence-corrected chi connectivity index (χ2v) is 6.59. The van der Waals surface area contributed by atoms with E-state index in [4.69, 9.17) is 23.2 Å². The van der Waals surface area contributed by atoms with Crippen LogP contribution in [-0.4, -0.2) is 48.0 Å². The van der Waals surface area contributed by atoms with Crippen LogP contribution < -0.4 is 10.6 Å². The molecule has 0 aliphatic carbocycles. The molecule has 25 heavy (non-hydrogen) atoms. The maximum Gasteiger partial charge on any atom is 0.241 e. The van der Waals surface area contributed by atoms with Crippen molar-refractivity contribution >= 4 is 35.1 Å². The molecule has 0 aliphatic heterocycles. The van der Waals surface area contributed by atoms with Crippen LogP contribution in [0.3, 0.4) is 0 Å². The molecule has 0 radical (unpaired) electrons. The highest BCUT2D eigenvalue weighted by Gasteiger charge is 2.23. The number of amides is 1. The van der Waals surface area contributed by atoms with Crippen LogP contribution in [0.25, 0.3) is 0 Å². The molecule has 8 heteroatoms. The molecule has 0 fully saturated rings. The molecule has 6 nitrogen and oxygen atoms in total. The van der Waals surface area contributed by atoms with E-state index in [1.165, 1.54) is 0 Å². The summed E-state index contributed by atoms with van der Waals surface area (Å²) in [5.41, 5.74) is 0.760. The van der Waals surface area contributed by atoms with Crippen LogP contribution in [-0.2, 0) is 4.79 Å². The Morgan fingerprint density at radius 2 is 1.76 bits per heavy atom. The first-order chi connectivity index (χ1) is 12.0. The van der Waals surface area contributed by atoms with Crippen molar-refractivity contribution in [1.29, 1.82) is 0 Å². The number of likely N-dealkylation sites (N-methyl/N-ethyl adjacent to an activating group) is 1. The van der Waals surface area contributed by atoms with Gasteiger partial charge in [-0.15, -0.1) is 0 Å². The van der Waals surface area contributed by atoms with Gasteiger partial charge in [0, 0.05) is 35.5 Å². The molecule has 1 aromatic heterocycles. The van der Waals surface area contributed by atoms with E-state index < -0.39 is 6.04 Å². The Hall–Kier alpha value is -1.89. The van der Waals surface area contributed by atoms with Gasteiger partial charge in [-0.25, -0.2) is 9.97 Å². The average Bonchev–Trinajstić information content (AvgIpc) is 2.54. The number of carbonyl (C=O) groups excluding carboxylic acids is 1. The lowest BCUT2D eigenvalue weighted by molar-refractivity contribution is -0.125. The first kappa shape index (κ1) is 19.4. The van der Waals surface area contributed by atoms with Crippen LogP contribution in [0.15, 0.2) is 36.7 Å². The Morgan fingerprint density at radius 1 is 1.12 bits per heavy atom. The highest BCUT2D eigenvalue weighted by atomic mass is 35.5. The minimum absolute atomic E-state index is 0.0979. The topological polar surface area (TPSA) is 70.2 Å². The van der Waals surface area contributed by atoms with Crippen molar-refractivity contribution in [2.45, 2.75) is 12.5 Å². The van der Waals surface area contributed by atoms with Gasteiger partial charge in [0.2, 0.25) is 11.9 Å². The second kappa shape index (κ2) is 9.56. The van der Waals surface area contributed by atoms with E-state index in [0.29, 0.717) is 29.1 Å². The molecule has 1 atom stereocenters. The fraction of sp³-hybridized carbons (Fsp3) is 0.353. The Balaban J connectivity index is 1.86. The molecular weight excluding hydrogens is 361 g/mol. The molecule has 0 saturated carbocycles. The number of hydrogen-bond acceptors (Lipinski definition) is 5. The van der Waals surface area contributed by atoms with Gasteiger partial charge in [0.1, 0.15) is 6.04 Å². The van der Waals surface area contributed by atoms with Crippen LogP contribution in [0.4, 0.5) is 5.95 Å². The summed E-state index contributed by atoms with van der Waals surface area (Å²) in [6, 6.07) is 6.46. The lowest BCUT2D eigenvalue weighted by atomic mass is 10.1. The number of hydrogen-bond donors (Lipinski definition) is 2. The molecular formula is C17H21Cl2N5O. The maximum absolute atomic E-state index is 12.6. The van der Waals surface area contributed by atoms with Crippen molar-refractivity contribution < 1.29 is 4.79 Å². The molecule has 2 aromatic rings. The van der Waals surface area contributed by atoms with E-state index in [1.807, 2.05) is 19.0 Å². The molecule has 134 valence electrons. The molecule has 0 unspecified atom stereocenters. The Morgan fingerprint density at radius 3 is 2.36 bits per heavy atom. The minimum Gasteiger partial charge on any atom is -0.354 e. The number of anilines is 1. The van der Waals surface area contributed by atoms with Gasteiger partial charge in [0.05, 0.1) is 0 Å². The van der Waals surface area contributed by atoms with Crippen molar-refractivity contribution in [2.75, 3.05) is 32.5 Å². The number of carbonyl (C=O) groups is 1. The van der Waals surface area contributed by atoms with E-state index in [9.17, 15) is 4.79 Å². The number of halogens is 2. The highest BCUT2D eigenvalue weighted by molar-refractivity contribution is 6.34. The van der Waals surface area contributed by atoms with Gasteiger partial charge in [0.15, 0.2) is 0 Å². The summed E-state index contributed by atoms with van der Waals surface area (Å²) in [6.07, 6.45) is 4.10. The third-order valence-electron chi connectivity index (χ3n) is 3.47. The molecule has 1 aromatic carbocycles. The normalized spacial score (nSPS) is 12.0. The van der Waals surface area contributed by atoms with E-state index >= 15 is 0 Å². The quantitative estimate of drug-likeness (QED) is 0.687. The molecule has 0 bridgehead atoms. The van der Waals surface area contributed by atoms with Gasteiger partial charge < -0.3 is 10.6 Å². The number of rotatable bonds is 8. The fourth-order valence-electron chi connectivity index (χ4n) is 2.40. The van der Waals surface area contributed by atoms with Gasteiger partial charge in [-0.3, -0.25) is 9.69 Å². The Labute approximate surface area is 157 Å². The van der Waals surface area contributed by atoms with Crippen LogP contribution in [0.1, 0.15) is 18.0 Å². The summed E-state index contributed by atoms with van der Waals surface area (Å²) >= 11 is 12.1. The SMILES string of the molecule is CN(C)[C@@H](C(=O)NCCCNc1ncccn1)c1cc(Cl)cc(Cl)c1. The van der Waals surface area contributed by atoms with Gasteiger partial charge >= 0.3 is 0 Å². The van der Waals surface area contributed by atoms with Crippen molar-refractivity contribution in [2.24, 2.45) is 0 Å². The summed E-state index contributed by atoms with van der Waals surface area (Å²) in [4.78, 5) is 22.5. The third-order valence-corrected chi connectivity index (χ3v) is 3.90. The minimum atomic E-state index is -0.457. The second-order valence-electron chi connectivity index (χ2n) is 5.71. The standard InChI is InChI=1S/C17H21Cl2N5O/c1-24(2)15(12-9-13(18)11-14(19)10-12)16(25)20-5-3-6-21-17-22-7-4-8-23-17/h4,7-11,15H,3,5-6H2,1-2H3,(H,20,25)(H,21,22,23)/t15-/m1/s1. The lowest BCUT2D eigenvalue weighted by Gasteiger charge is -2.24. The molecule has 2 rings (SSSR count). The summed E-state index contributed by atoms with van der Waals surface area (Å²) in [5.74, 6) is 0.479. The predicted octanol–water partition coefficient (Wildman–Crippen LogP) is 3.00. The zero-order chi connectivity index (χ0) is 18.2. The monoisotopic (exact) mass is 381 g/mol. The summed E-state index contributed by atoms with van der Waals surface area (Å²) in [6.45, 7) is 1.21. The third kappa shape index (κ3) is 6.16. The van der Waals surface area contributed by atoms with Crippen molar-refractivity contribution in [1.82, 2.24) is 20.2 Å². The largest absolute Gasteiger partial charge is 0.354 e. The number of nitrogens with zero attached hydrogens (tertiary/aromatic N) is 3. The van der Waals surface area contributed by atoms with Crippen molar-refractivity contribution in [3.8, 4) is 0 Å². The zero-order valence-electron chi connectivity index (χ0n) is 14.2. The molecule has 2 N–H and O–H groups in total. The zero-order valence-corrected chi connectivity index (χ0v) is 15.7. The van der Waals surface area contributed by atoms with E-state index in [-0.39, 0.29) is 5.91 Å². The molecule has 1 heterocycles.